The van der Waals surface area contributed by atoms with E-state index in [4.69, 9.17) is 4.74 Å². The Morgan fingerprint density at radius 2 is 1.69 bits per heavy atom. The Morgan fingerprint density at radius 1 is 1.03 bits per heavy atom. The number of esters is 1. The van der Waals surface area contributed by atoms with E-state index in [1.807, 2.05) is 6.07 Å². The zero-order valence-electron chi connectivity index (χ0n) is 17.6. The summed E-state index contributed by atoms with van der Waals surface area (Å²) in [5.41, 5.74) is 6.00. The molecule has 29 heavy (non-hydrogen) atoms. The minimum absolute atomic E-state index is 0.0650. The molecule has 0 aromatic heterocycles. The van der Waals surface area contributed by atoms with Gasteiger partial charge in [0.25, 0.3) is 0 Å². The molecule has 3 rings (SSSR count). The molecule has 1 aliphatic carbocycles. The second kappa shape index (κ2) is 9.89. The van der Waals surface area contributed by atoms with Gasteiger partial charge in [-0.25, -0.2) is 4.79 Å². The highest BCUT2D eigenvalue weighted by molar-refractivity contribution is 5.86. The first-order chi connectivity index (χ1) is 14.0. The predicted octanol–water partition coefficient (Wildman–Crippen LogP) is 5.80. The molecule has 0 aliphatic heterocycles. The van der Waals surface area contributed by atoms with Gasteiger partial charge in [0.05, 0.1) is 0 Å². The van der Waals surface area contributed by atoms with E-state index in [2.05, 4.69) is 49.9 Å². The van der Waals surface area contributed by atoms with Crippen molar-refractivity contribution in [1.82, 2.24) is 0 Å². The zero-order valence-corrected chi connectivity index (χ0v) is 17.6. The van der Waals surface area contributed by atoms with E-state index < -0.39 is 5.97 Å². The summed E-state index contributed by atoms with van der Waals surface area (Å²) in [5.74, 6) is 1.15. The Bertz CT molecular complexity index is 843. The summed E-state index contributed by atoms with van der Waals surface area (Å²) >= 11 is 0. The number of carbonyl (C=O) groups excluding carboxylic acids is 1. The Labute approximate surface area is 174 Å². The third-order valence-corrected chi connectivity index (χ3v) is 6.03. The second-order valence-corrected chi connectivity index (χ2v) is 8.39. The Hall–Kier alpha value is -2.39. The fourth-order valence-electron chi connectivity index (χ4n) is 4.11. The van der Waals surface area contributed by atoms with Crippen LogP contribution in [-0.4, -0.2) is 17.7 Å². The van der Waals surface area contributed by atoms with E-state index in [1.165, 1.54) is 31.2 Å². The van der Waals surface area contributed by atoms with E-state index >= 15 is 0 Å². The monoisotopic (exact) mass is 392 g/mol. The minimum Gasteiger partial charge on any atom is -0.457 e. The van der Waals surface area contributed by atoms with E-state index in [0.29, 0.717) is 17.9 Å². The number of benzene rings is 2. The SMILES string of the molecule is C=C(C)C(=O)OCc1cc(-c2ccc(C3CCC(C)CC3)cc2)ccc1CCO. The van der Waals surface area contributed by atoms with Gasteiger partial charge in [-0.2, -0.15) is 0 Å². The Morgan fingerprint density at radius 3 is 2.31 bits per heavy atom. The van der Waals surface area contributed by atoms with Crippen molar-refractivity contribution < 1.29 is 14.6 Å². The molecule has 0 atom stereocenters. The molecule has 0 radical (unpaired) electrons. The van der Waals surface area contributed by atoms with Crippen LogP contribution in [0.4, 0.5) is 0 Å². The van der Waals surface area contributed by atoms with Crippen LogP contribution in [0, 0.1) is 5.92 Å². The van der Waals surface area contributed by atoms with Crippen molar-refractivity contribution in [3.63, 3.8) is 0 Å². The average Bonchev–Trinajstić information content (AvgIpc) is 2.73. The number of hydrogen-bond acceptors (Lipinski definition) is 3. The summed E-state index contributed by atoms with van der Waals surface area (Å²) in [6.07, 6.45) is 5.76. The lowest BCUT2D eigenvalue weighted by atomic mass is 9.79. The summed E-state index contributed by atoms with van der Waals surface area (Å²) in [4.78, 5) is 11.8. The van der Waals surface area contributed by atoms with Crippen LogP contribution in [0.3, 0.4) is 0 Å². The molecular formula is C26H32O3. The molecule has 3 heteroatoms. The molecule has 154 valence electrons. The largest absolute Gasteiger partial charge is 0.457 e. The van der Waals surface area contributed by atoms with E-state index in [0.717, 1.165) is 28.2 Å². The number of hydrogen-bond donors (Lipinski definition) is 1. The molecule has 0 saturated heterocycles. The van der Waals surface area contributed by atoms with E-state index in [9.17, 15) is 9.90 Å². The van der Waals surface area contributed by atoms with Crippen LogP contribution in [0.1, 0.15) is 62.1 Å². The van der Waals surface area contributed by atoms with Gasteiger partial charge in [-0.05, 0) is 71.9 Å². The van der Waals surface area contributed by atoms with Gasteiger partial charge in [0.15, 0.2) is 0 Å². The van der Waals surface area contributed by atoms with Crippen molar-refractivity contribution in [3.8, 4) is 11.1 Å². The molecule has 3 nitrogen and oxygen atoms in total. The summed E-state index contributed by atoms with van der Waals surface area (Å²) in [5, 5.41) is 9.34. The third-order valence-electron chi connectivity index (χ3n) is 6.03. The topological polar surface area (TPSA) is 46.5 Å². The average molecular weight is 393 g/mol. The van der Waals surface area contributed by atoms with Crippen molar-refractivity contribution in [2.24, 2.45) is 5.92 Å². The van der Waals surface area contributed by atoms with Crippen molar-refractivity contribution in [2.45, 2.75) is 58.5 Å². The van der Waals surface area contributed by atoms with Crippen LogP contribution in [-0.2, 0) is 22.6 Å². The maximum atomic E-state index is 11.8. The molecule has 0 unspecified atom stereocenters. The Kier molecular flexibility index (Phi) is 7.27. The number of carbonyl (C=O) groups is 1. The lowest BCUT2D eigenvalue weighted by Gasteiger charge is -2.26. The normalized spacial score (nSPS) is 19.0. The first kappa shape index (κ1) is 21.3. The van der Waals surface area contributed by atoms with Crippen LogP contribution in [0.25, 0.3) is 11.1 Å². The number of rotatable bonds is 7. The fraction of sp³-hybridized carbons (Fsp3) is 0.423. The highest BCUT2D eigenvalue weighted by Crippen LogP contribution is 2.36. The summed E-state index contributed by atoms with van der Waals surface area (Å²) < 4.78 is 5.35. The van der Waals surface area contributed by atoms with Crippen molar-refractivity contribution in [1.29, 1.82) is 0 Å². The van der Waals surface area contributed by atoms with Crippen LogP contribution >= 0.6 is 0 Å². The zero-order chi connectivity index (χ0) is 20.8. The lowest BCUT2D eigenvalue weighted by molar-refractivity contribution is -0.140. The predicted molar refractivity (Wildman–Crippen MR) is 118 cm³/mol. The van der Waals surface area contributed by atoms with Crippen LogP contribution in [0.5, 0.6) is 0 Å². The standard InChI is InChI=1S/C26H32O3/c1-18(2)26(28)29-17-25-16-24(13-12-23(25)14-15-27)22-10-8-21(9-11-22)20-6-4-19(3)5-7-20/h8-13,16,19-20,27H,1,4-7,14-15,17H2,2-3H3. The van der Waals surface area contributed by atoms with Gasteiger partial charge in [0, 0.05) is 12.2 Å². The van der Waals surface area contributed by atoms with E-state index in [-0.39, 0.29) is 13.2 Å². The molecule has 2 aromatic rings. The van der Waals surface area contributed by atoms with E-state index in [1.54, 1.807) is 6.92 Å². The smallest absolute Gasteiger partial charge is 0.333 e. The number of aliphatic hydroxyl groups excluding tert-OH is 1. The summed E-state index contributed by atoms with van der Waals surface area (Å²) in [7, 11) is 0. The number of ether oxygens (including phenoxy) is 1. The molecule has 0 bridgehead atoms. The first-order valence-corrected chi connectivity index (χ1v) is 10.6. The quantitative estimate of drug-likeness (QED) is 0.478. The molecule has 0 heterocycles. The van der Waals surface area contributed by atoms with Gasteiger partial charge in [-0.1, -0.05) is 62.7 Å². The van der Waals surface area contributed by atoms with Gasteiger partial charge in [-0.15, -0.1) is 0 Å². The van der Waals surface area contributed by atoms with Crippen LogP contribution in [0.2, 0.25) is 0 Å². The van der Waals surface area contributed by atoms with Crippen molar-refractivity contribution in [2.75, 3.05) is 6.61 Å². The van der Waals surface area contributed by atoms with Crippen molar-refractivity contribution in [3.05, 3.63) is 71.3 Å². The molecule has 1 saturated carbocycles. The van der Waals surface area contributed by atoms with Crippen LogP contribution < -0.4 is 0 Å². The maximum absolute atomic E-state index is 11.8. The van der Waals surface area contributed by atoms with Gasteiger partial charge in [0.2, 0.25) is 0 Å². The second-order valence-electron chi connectivity index (χ2n) is 8.39. The van der Waals surface area contributed by atoms with Gasteiger partial charge in [-0.3, -0.25) is 0 Å². The maximum Gasteiger partial charge on any atom is 0.333 e. The highest BCUT2D eigenvalue weighted by atomic mass is 16.5. The molecule has 1 aliphatic rings. The molecule has 1 fully saturated rings. The van der Waals surface area contributed by atoms with Gasteiger partial charge in [0.1, 0.15) is 6.61 Å². The van der Waals surface area contributed by atoms with Crippen LogP contribution in [0.15, 0.2) is 54.6 Å². The minimum atomic E-state index is -0.392. The molecule has 0 amide bonds. The lowest BCUT2D eigenvalue weighted by Crippen LogP contribution is -2.10. The summed E-state index contributed by atoms with van der Waals surface area (Å²) in [6.45, 7) is 7.87. The molecule has 2 aromatic carbocycles. The first-order valence-electron chi connectivity index (χ1n) is 10.6. The highest BCUT2D eigenvalue weighted by Gasteiger charge is 2.19. The molecule has 0 spiro atoms. The van der Waals surface area contributed by atoms with Gasteiger partial charge < -0.3 is 9.84 Å². The Balaban J connectivity index is 1.77. The van der Waals surface area contributed by atoms with Gasteiger partial charge >= 0.3 is 5.97 Å². The fourth-order valence-corrected chi connectivity index (χ4v) is 4.11. The molecule has 1 N–H and O–H groups in total. The number of aliphatic hydroxyl groups is 1. The summed E-state index contributed by atoms with van der Waals surface area (Å²) in [6, 6.07) is 15.1. The third kappa shape index (κ3) is 5.57. The van der Waals surface area contributed by atoms with Crippen molar-refractivity contribution >= 4 is 5.97 Å². The molecular weight excluding hydrogens is 360 g/mol.